The summed E-state index contributed by atoms with van der Waals surface area (Å²) in [6.07, 6.45) is 8.83. The van der Waals surface area contributed by atoms with Gasteiger partial charge in [0.05, 0.1) is 27.7 Å². The molecule has 42 heavy (non-hydrogen) atoms. The van der Waals surface area contributed by atoms with Crippen molar-refractivity contribution in [2.75, 3.05) is 25.0 Å². The Hall–Kier alpha value is -4.81. The summed E-state index contributed by atoms with van der Waals surface area (Å²) in [5.41, 5.74) is 1.94. The Morgan fingerprint density at radius 1 is 1.14 bits per heavy atom. The monoisotopic (exact) mass is 563 g/mol. The molecule has 9 heteroatoms. The number of nitrogens with one attached hydrogen (secondary N) is 1. The van der Waals surface area contributed by atoms with Gasteiger partial charge in [-0.25, -0.2) is 18.7 Å². The van der Waals surface area contributed by atoms with Crippen molar-refractivity contribution in [2.24, 2.45) is 0 Å². The van der Waals surface area contributed by atoms with E-state index in [1.165, 1.54) is 18.2 Å². The molecule has 0 unspecified atom stereocenters. The number of terminal acetylenes is 1. The van der Waals surface area contributed by atoms with Gasteiger partial charge in [0, 0.05) is 35.8 Å². The fraction of sp³-hybridized carbons (Fsp3) is 0.242. The van der Waals surface area contributed by atoms with Crippen molar-refractivity contribution in [2.45, 2.75) is 31.0 Å². The summed E-state index contributed by atoms with van der Waals surface area (Å²) in [6.45, 7) is 1.60. The van der Waals surface area contributed by atoms with E-state index in [2.05, 4.69) is 21.1 Å². The Kier molecular flexibility index (Phi) is 6.36. The molecule has 0 aliphatic carbocycles. The number of para-hydroxylation sites is 1. The Bertz CT molecular complexity index is 1880. The predicted octanol–water partition coefficient (Wildman–Crippen LogP) is 6.37. The number of phenols is 1. The van der Waals surface area contributed by atoms with Crippen LogP contribution in [-0.4, -0.2) is 56.4 Å². The number of ether oxygens (including phenoxy) is 1. The minimum absolute atomic E-state index is 0.0126. The fourth-order valence-corrected chi connectivity index (χ4v) is 6.39. The lowest BCUT2D eigenvalue weighted by molar-refractivity contribution is 0.107. The molecule has 5 aromatic rings. The third-order valence-electron chi connectivity index (χ3n) is 8.30. The van der Waals surface area contributed by atoms with Crippen molar-refractivity contribution < 1.29 is 18.6 Å². The van der Waals surface area contributed by atoms with Crippen LogP contribution in [0.4, 0.5) is 20.3 Å². The molecule has 2 saturated heterocycles. The normalized spacial score (nSPS) is 20.1. The highest BCUT2D eigenvalue weighted by Crippen LogP contribution is 2.41. The second-order valence-corrected chi connectivity index (χ2v) is 11.0. The van der Waals surface area contributed by atoms with E-state index in [0.29, 0.717) is 58.3 Å². The fourth-order valence-electron chi connectivity index (χ4n) is 6.39. The lowest BCUT2D eigenvalue weighted by Gasteiger charge is -2.30. The van der Waals surface area contributed by atoms with Crippen LogP contribution in [0.2, 0.25) is 0 Å². The number of hydrogen-bond acceptors (Lipinski definition) is 7. The first-order chi connectivity index (χ1) is 20.4. The van der Waals surface area contributed by atoms with E-state index in [-0.39, 0.29) is 22.9 Å². The average molecular weight is 564 g/mol. The molecule has 2 atom stereocenters. The number of rotatable bonds is 6. The first-order valence-electron chi connectivity index (χ1n) is 13.9. The van der Waals surface area contributed by atoms with E-state index >= 15 is 0 Å². The summed E-state index contributed by atoms with van der Waals surface area (Å²) in [4.78, 5) is 16.2. The lowest BCUT2D eigenvalue weighted by Crippen LogP contribution is -2.43. The van der Waals surface area contributed by atoms with Gasteiger partial charge in [-0.15, -0.1) is 6.42 Å². The number of anilines is 2. The highest BCUT2D eigenvalue weighted by Gasteiger charge is 2.49. The second kappa shape index (κ2) is 10.2. The van der Waals surface area contributed by atoms with Gasteiger partial charge in [-0.2, -0.15) is 4.98 Å². The van der Waals surface area contributed by atoms with Crippen LogP contribution in [0.25, 0.3) is 32.9 Å². The SMILES string of the molecule is C#Cc1c(F)ccc2cc(O)cc(-c3cc4nc(OC[C@@]56CCCN5C[C@H](F)C6)ncc4c(Nc4ccccc4)n3)c12. The minimum atomic E-state index is -0.860. The van der Waals surface area contributed by atoms with Crippen LogP contribution < -0.4 is 10.1 Å². The number of nitrogens with zero attached hydrogens (tertiary/aromatic N) is 4. The summed E-state index contributed by atoms with van der Waals surface area (Å²) in [6, 6.07) is 17.3. The molecule has 0 bridgehead atoms. The first kappa shape index (κ1) is 26.1. The van der Waals surface area contributed by atoms with Crippen molar-refractivity contribution >= 4 is 33.2 Å². The van der Waals surface area contributed by atoms with Gasteiger partial charge in [-0.3, -0.25) is 4.90 Å². The summed E-state index contributed by atoms with van der Waals surface area (Å²) in [5, 5.41) is 15.6. The van der Waals surface area contributed by atoms with E-state index in [1.54, 1.807) is 18.3 Å². The van der Waals surface area contributed by atoms with Crippen molar-refractivity contribution in [3.63, 3.8) is 0 Å². The molecule has 2 aliphatic heterocycles. The molecular formula is C33H27F2N5O2. The summed E-state index contributed by atoms with van der Waals surface area (Å²) in [7, 11) is 0. The number of pyridine rings is 1. The maximum Gasteiger partial charge on any atom is 0.316 e. The van der Waals surface area contributed by atoms with Crippen LogP contribution >= 0.6 is 0 Å². The average Bonchev–Trinajstić information content (AvgIpc) is 3.51. The van der Waals surface area contributed by atoms with E-state index < -0.39 is 12.0 Å². The predicted molar refractivity (Wildman–Crippen MR) is 158 cm³/mol. The molecule has 210 valence electrons. The van der Waals surface area contributed by atoms with Crippen LogP contribution in [0, 0.1) is 18.2 Å². The zero-order valence-corrected chi connectivity index (χ0v) is 22.6. The maximum atomic E-state index is 14.8. The molecule has 2 fully saturated rings. The second-order valence-electron chi connectivity index (χ2n) is 11.0. The lowest BCUT2D eigenvalue weighted by atomic mass is 9.95. The first-order valence-corrected chi connectivity index (χ1v) is 13.9. The summed E-state index contributed by atoms with van der Waals surface area (Å²) in [5.74, 6) is 2.37. The number of benzene rings is 3. The quantitative estimate of drug-likeness (QED) is 0.232. The minimum Gasteiger partial charge on any atom is -0.508 e. The molecule has 0 radical (unpaired) electrons. The molecule has 2 aromatic heterocycles. The summed E-state index contributed by atoms with van der Waals surface area (Å²) >= 11 is 0. The molecule has 2 aliphatic rings. The molecule has 0 saturated carbocycles. The molecule has 7 rings (SSSR count). The van der Waals surface area contributed by atoms with Crippen molar-refractivity contribution in [3.05, 3.63) is 78.2 Å². The van der Waals surface area contributed by atoms with Crippen molar-refractivity contribution in [3.8, 4) is 35.4 Å². The summed E-state index contributed by atoms with van der Waals surface area (Å²) < 4.78 is 35.2. The van der Waals surface area contributed by atoms with Crippen LogP contribution in [0.15, 0.2) is 66.9 Å². The number of halogens is 2. The van der Waals surface area contributed by atoms with Gasteiger partial charge in [0.15, 0.2) is 0 Å². The van der Waals surface area contributed by atoms with Gasteiger partial charge < -0.3 is 15.2 Å². The topological polar surface area (TPSA) is 83.4 Å². The van der Waals surface area contributed by atoms with Gasteiger partial charge in [-0.05, 0) is 61.2 Å². The zero-order valence-electron chi connectivity index (χ0n) is 22.6. The molecule has 0 spiro atoms. The highest BCUT2D eigenvalue weighted by atomic mass is 19.1. The number of fused-ring (bicyclic) bond motifs is 3. The molecule has 3 aromatic carbocycles. The molecule has 4 heterocycles. The van der Waals surface area contributed by atoms with Crippen LogP contribution in [0.1, 0.15) is 24.8 Å². The van der Waals surface area contributed by atoms with Gasteiger partial charge in [0.2, 0.25) is 0 Å². The Morgan fingerprint density at radius 3 is 2.83 bits per heavy atom. The number of alkyl halides is 1. The van der Waals surface area contributed by atoms with Gasteiger partial charge in [-0.1, -0.05) is 30.2 Å². The van der Waals surface area contributed by atoms with E-state index in [4.69, 9.17) is 21.1 Å². The molecule has 7 nitrogen and oxygen atoms in total. The molecule has 2 N–H and O–H groups in total. The Balaban J connectivity index is 1.35. The maximum absolute atomic E-state index is 14.8. The smallest absolute Gasteiger partial charge is 0.316 e. The Morgan fingerprint density at radius 2 is 2.00 bits per heavy atom. The van der Waals surface area contributed by atoms with Crippen LogP contribution in [-0.2, 0) is 0 Å². The number of phenolic OH excluding ortho intramolecular Hbond substituents is 1. The molecule has 0 amide bonds. The largest absolute Gasteiger partial charge is 0.508 e. The Labute approximate surface area is 241 Å². The van der Waals surface area contributed by atoms with Gasteiger partial charge in [0.25, 0.3) is 0 Å². The van der Waals surface area contributed by atoms with Crippen molar-refractivity contribution in [1.82, 2.24) is 19.9 Å². The molecular weight excluding hydrogens is 536 g/mol. The van der Waals surface area contributed by atoms with E-state index in [9.17, 15) is 13.9 Å². The standard InChI is InChI=1S/C33H27F2N5O2/c1-2-24-27(35)10-9-20-13-23(41)14-25(30(20)24)28-15-29-26(31(38-28)37-22-7-4-3-5-8-22)17-36-32(39-29)42-19-33-11-6-12-40(33)18-21(34)16-33/h1,3-5,7-10,13-15,17,21,41H,6,11-12,16,18-19H2,(H,37,38)/t21-,33+/m1/s1. The third kappa shape index (κ3) is 4.54. The van der Waals surface area contributed by atoms with Gasteiger partial charge >= 0.3 is 6.01 Å². The van der Waals surface area contributed by atoms with Crippen LogP contribution in [0.5, 0.6) is 11.8 Å². The van der Waals surface area contributed by atoms with E-state index in [1.807, 2.05) is 30.3 Å². The number of hydrogen-bond donors (Lipinski definition) is 2. The third-order valence-corrected chi connectivity index (χ3v) is 8.30. The zero-order chi connectivity index (χ0) is 28.8. The van der Waals surface area contributed by atoms with Crippen molar-refractivity contribution in [1.29, 1.82) is 0 Å². The number of aromatic nitrogens is 3. The number of aromatic hydroxyl groups is 1. The van der Waals surface area contributed by atoms with E-state index in [0.717, 1.165) is 25.1 Å². The van der Waals surface area contributed by atoms with Crippen LogP contribution in [0.3, 0.4) is 0 Å². The van der Waals surface area contributed by atoms with Gasteiger partial charge in [0.1, 0.15) is 30.2 Å². The highest BCUT2D eigenvalue weighted by molar-refractivity contribution is 6.03.